The van der Waals surface area contributed by atoms with Crippen molar-refractivity contribution in [1.82, 2.24) is 4.90 Å². The summed E-state index contributed by atoms with van der Waals surface area (Å²) in [5.74, 6) is 0.342. The number of ketones is 2. The molecule has 0 aliphatic heterocycles. The van der Waals surface area contributed by atoms with Gasteiger partial charge in [-0.25, -0.2) is 0 Å². The van der Waals surface area contributed by atoms with E-state index in [1.54, 1.807) is 48.4 Å². The smallest absolute Gasteiger partial charge is 0.170 e. The maximum absolute atomic E-state index is 12.3. The zero-order valence-electron chi connectivity index (χ0n) is 20.1. The zero-order valence-corrected chi connectivity index (χ0v) is 20.1. The molecular weight excluding hydrogens is 422 g/mol. The molecule has 0 saturated carbocycles. The first-order valence-electron chi connectivity index (χ1n) is 11.0. The molecule has 2 rings (SSSR count). The number of methoxy groups -OCH3 is 1. The van der Waals surface area contributed by atoms with Crippen molar-refractivity contribution in [2.75, 3.05) is 46.6 Å². The number of carbonyl (C=O) groups is 2. The lowest BCUT2D eigenvalue weighted by atomic mass is 9.86. The van der Waals surface area contributed by atoms with Crippen molar-refractivity contribution in [3.05, 3.63) is 65.2 Å². The molecular formula is C26H37NO6. The molecule has 2 aromatic carbocycles. The molecule has 3 N–H and O–H groups in total. The van der Waals surface area contributed by atoms with Crippen LogP contribution >= 0.6 is 0 Å². The summed E-state index contributed by atoms with van der Waals surface area (Å²) < 4.78 is 5.06. The van der Waals surface area contributed by atoms with Gasteiger partial charge in [-0.1, -0.05) is 45.0 Å². The third-order valence-electron chi connectivity index (χ3n) is 5.05. The molecule has 0 spiro atoms. The van der Waals surface area contributed by atoms with Crippen molar-refractivity contribution in [1.29, 1.82) is 0 Å². The maximum atomic E-state index is 12.3. The van der Waals surface area contributed by atoms with Gasteiger partial charge in [0.15, 0.2) is 11.6 Å². The summed E-state index contributed by atoms with van der Waals surface area (Å²) in [5, 5.41) is 25.5. The number of benzene rings is 2. The Bertz CT molecular complexity index is 826. The lowest BCUT2D eigenvalue weighted by molar-refractivity contribution is 0.0894. The fourth-order valence-corrected chi connectivity index (χ4v) is 3.04. The highest BCUT2D eigenvalue weighted by Crippen LogP contribution is 2.22. The van der Waals surface area contributed by atoms with Crippen LogP contribution < -0.4 is 4.74 Å². The molecule has 7 heteroatoms. The van der Waals surface area contributed by atoms with Gasteiger partial charge in [-0.2, -0.15) is 0 Å². The fraction of sp³-hybridized carbons (Fsp3) is 0.462. The van der Waals surface area contributed by atoms with Crippen LogP contribution in [-0.4, -0.2) is 78.4 Å². The van der Waals surface area contributed by atoms with E-state index < -0.39 is 0 Å². The number of aliphatic hydroxyl groups excluding tert-OH is 3. The van der Waals surface area contributed by atoms with Crippen LogP contribution in [0.1, 0.15) is 53.5 Å². The standard InChI is InChI=1S/C20H22O3.C6H15NO3/c1-20(2,3)16-9-5-14(6-10-16)18(21)13-19(22)15-7-11-17(23-4)12-8-15;8-4-1-7(2-5-9)3-6-10/h5-12H,13H2,1-4H3;8-10H,1-6H2. The van der Waals surface area contributed by atoms with E-state index in [4.69, 9.17) is 20.1 Å². The number of Topliss-reactive ketones (excluding diaryl/α,β-unsaturated/α-hetero) is 2. The monoisotopic (exact) mass is 459 g/mol. The van der Waals surface area contributed by atoms with Gasteiger partial charge in [0, 0.05) is 30.8 Å². The highest BCUT2D eigenvalue weighted by Gasteiger charge is 2.16. The summed E-state index contributed by atoms with van der Waals surface area (Å²) in [4.78, 5) is 26.3. The average Bonchev–Trinajstić information content (AvgIpc) is 2.79. The minimum absolute atomic E-state index is 0.0422. The van der Waals surface area contributed by atoms with E-state index in [0.29, 0.717) is 36.5 Å². The molecule has 0 radical (unpaired) electrons. The van der Waals surface area contributed by atoms with Crippen LogP contribution in [0.25, 0.3) is 0 Å². The Labute approximate surface area is 196 Å². The van der Waals surface area contributed by atoms with Gasteiger partial charge in [0.2, 0.25) is 0 Å². The molecule has 0 atom stereocenters. The van der Waals surface area contributed by atoms with Gasteiger partial charge in [0.25, 0.3) is 0 Å². The van der Waals surface area contributed by atoms with Crippen molar-refractivity contribution in [2.24, 2.45) is 0 Å². The topological polar surface area (TPSA) is 107 Å². The number of hydrogen-bond donors (Lipinski definition) is 3. The third-order valence-corrected chi connectivity index (χ3v) is 5.05. The van der Waals surface area contributed by atoms with Crippen LogP contribution in [0.3, 0.4) is 0 Å². The number of ether oxygens (including phenoxy) is 1. The molecule has 182 valence electrons. The van der Waals surface area contributed by atoms with Gasteiger partial charge < -0.3 is 20.1 Å². The van der Waals surface area contributed by atoms with E-state index in [2.05, 4.69) is 20.8 Å². The van der Waals surface area contributed by atoms with E-state index in [0.717, 1.165) is 5.56 Å². The van der Waals surface area contributed by atoms with Gasteiger partial charge >= 0.3 is 0 Å². The lowest BCUT2D eigenvalue weighted by Crippen LogP contribution is -2.32. The summed E-state index contributed by atoms with van der Waals surface area (Å²) in [5.41, 5.74) is 2.29. The summed E-state index contributed by atoms with van der Waals surface area (Å²) in [6.07, 6.45) is -0.124. The van der Waals surface area contributed by atoms with Crippen LogP contribution in [0, 0.1) is 0 Å². The van der Waals surface area contributed by atoms with Crippen LogP contribution in [0.2, 0.25) is 0 Å². The predicted octanol–water partition coefficient (Wildman–Crippen LogP) is 2.71. The second-order valence-corrected chi connectivity index (χ2v) is 8.59. The molecule has 0 aliphatic carbocycles. The molecule has 0 fully saturated rings. The van der Waals surface area contributed by atoms with Crippen molar-refractivity contribution in [3.8, 4) is 5.75 Å². The fourth-order valence-electron chi connectivity index (χ4n) is 3.04. The normalized spacial score (nSPS) is 11.0. The van der Waals surface area contributed by atoms with E-state index in [-0.39, 0.29) is 43.2 Å². The molecule has 0 saturated heterocycles. The molecule has 0 aromatic heterocycles. The Morgan fingerprint density at radius 1 is 0.758 bits per heavy atom. The Hall–Kier alpha value is -2.58. The molecule has 0 bridgehead atoms. The summed E-state index contributed by atoms with van der Waals surface area (Å²) in [7, 11) is 1.57. The highest BCUT2D eigenvalue weighted by molar-refractivity contribution is 6.13. The first-order chi connectivity index (χ1) is 15.7. The van der Waals surface area contributed by atoms with E-state index in [9.17, 15) is 9.59 Å². The number of carbonyl (C=O) groups excluding carboxylic acids is 2. The Balaban J connectivity index is 0.000000461. The minimum Gasteiger partial charge on any atom is -0.497 e. The summed E-state index contributed by atoms with van der Waals surface area (Å²) in [6.45, 7) is 8.12. The predicted molar refractivity (Wildman–Crippen MR) is 129 cm³/mol. The second kappa shape index (κ2) is 14.5. The lowest BCUT2D eigenvalue weighted by Gasteiger charge is -2.18. The van der Waals surface area contributed by atoms with Gasteiger partial charge in [-0.3, -0.25) is 14.5 Å². The van der Waals surface area contributed by atoms with Crippen LogP contribution in [0.5, 0.6) is 5.75 Å². The molecule has 2 aromatic rings. The van der Waals surface area contributed by atoms with Crippen molar-refractivity contribution < 1.29 is 29.6 Å². The molecule has 0 amide bonds. The van der Waals surface area contributed by atoms with E-state index >= 15 is 0 Å². The molecule has 0 unspecified atom stereocenters. The zero-order chi connectivity index (χ0) is 24.9. The minimum atomic E-state index is -0.183. The molecule has 0 aliphatic rings. The third kappa shape index (κ3) is 10.3. The van der Waals surface area contributed by atoms with Crippen molar-refractivity contribution >= 4 is 11.6 Å². The van der Waals surface area contributed by atoms with Crippen molar-refractivity contribution in [2.45, 2.75) is 32.6 Å². The first-order valence-corrected chi connectivity index (χ1v) is 11.0. The van der Waals surface area contributed by atoms with E-state index in [1.165, 1.54) is 0 Å². The number of aliphatic hydroxyl groups is 3. The molecule has 33 heavy (non-hydrogen) atoms. The summed E-state index contributed by atoms with van der Waals surface area (Å²) in [6, 6.07) is 14.3. The SMILES string of the molecule is COc1ccc(C(=O)CC(=O)c2ccc(C(C)(C)C)cc2)cc1.OCCN(CCO)CCO. The van der Waals surface area contributed by atoms with Gasteiger partial charge in [-0.05, 0) is 35.2 Å². The average molecular weight is 460 g/mol. The van der Waals surface area contributed by atoms with Crippen LogP contribution in [0.4, 0.5) is 0 Å². The number of hydrogen-bond acceptors (Lipinski definition) is 7. The first kappa shape index (κ1) is 28.5. The Kier molecular flexibility index (Phi) is 12.5. The molecule has 7 nitrogen and oxygen atoms in total. The summed E-state index contributed by atoms with van der Waals surface area (Å²) >= 11 is 0. The van der Waals surface area contributed by atoms with Gasteiger partial charge in [-0.15, -0.1) is 0 Å². The van der Waals surface area contributed by atoms with Gasteiger partial charge in [0.05, 0.1) is 33.4 Å². The van der Waals surface area contributed by atoms with Crippen molar-refractivity contribution in [3.63, 3.8) is 0 Å². The van der Waals surface area contributed by atoms with E-state index in [1.807, 2.05) is 12.1 Å². The quantitative estimate of drug-likeness (QED) is 0.350. The van der Waals surface area contributed by atoms with Gasteiger partial charge in [0.1, 0.15) is 5.75 Å². The Morgan fingerprint density at radius 2 is 1.15 bits per heavy atom. The van der Waals surface area contributed by atoms with Crippen LogP contribution in [0.15, 0.2) is 48.5 Å². The Morgan fingerprint density at radius 3 is 1.48 bits per heavy atom. The largest absolute Gasteiger partial charge is 0.497 e. The van der Waals surface area contributed by atoms with Crippen LogP contribution in [-0.2, 0) is 5.41 Å². The second-order valence-electron chi connectivity index (χ2n) is 8.59. The highest BCUT2D eigenvalue weighted by atomic mass is 16.5. The number of nitrogens with zero attached hydrogens (tertiary/aromatic N) is 1. The number of rotatable bonds is 11. The maximum Gasteiger partial charge on any atom is 0.170 e. The molecule has 0 heterocycles.